The van der Waals surface area contributed by atoms with Crippen LogP contribution < -0.4 is 14.8 Å². The van der Waals surface area contributed by atoms with E-state index in [1.54, 1.807) is 6.07 Å². The molecule has 27 heavy (non-hydrogen) atoms. The van der Waals surface area contributed by atoms with Gasteiger partial charge in [-0.15, -0.1) is 0 Å². The van der Waals surface area contributed by atoms with Crippen LogP contribution in [0.4, 0.5) is 0 Å². The summed E-state index contributed by atoms with van der Waals surface area (Å²) in [6.07, 6.45) is 2.44. The number of ketones is 1. The number of carbonyl (C=O) groups is 2. The molecule has 0 atom stereocenters. The number of ether oxygens (including phenoxy) is 2. The standard InChI is InChI=1S/C21H30N2O4/c1-4-21(2,3)22-19(24)14-23-9-7-15(8-10-23)20(25)16-5-6-17-18(13-16)27-12-11-26-17/h5-6,13,15H,4,7-12,14H2,1-3H3,(H,22,24). The first-order valence-electron chi connectivity index (χ1n) is 9.85. The molecule has 6 heteroatoms. The number of fused-ring (bicyclic) bond motifs is 1. The maximum absolute atomic E-state index is 12.8. The first-order valence-corrected chi connectivity index (χ1v) is 9.85. The third-order valence-electron chi connectivity index (χ3n) is 5.51. The summed E-state index contributed by atoms with van der Waals surface area (Å²) in [5.41, 5.74) is 0.504. The monoisotopic (exact) mass is 374 g/mol. The molecule has 2 aliphatic rings. The van der Waals surface area contributed by atoms with Crippen molar-refractivity contribution in [2.75, 3.05) is 32.8 Å². The van der Waals surface area contributed by atoms with E-state index in [-0.39, 0.29) is 23.1 Å². The molecule has 1 aromatic rings. The Morgan fingerprint density at radius 1 is 1.15 bits per heavy atom. The predicted molar refractivity (Wildman–Crippen MR) is 103 cm³/mol. The molecule has 6 nitrogen and oxygen atoms in total. The van der Waals surface area contributed by atoms with Crippen molar-refractivity contribution >= 4 is 11.7 Å². The fourth-order valence-electron chi connectivity index (χ4n) is 3.49. The Bertz CT molecular complexity index is 693. The van der Waals surface area contributed by atoms with E-state index in [1.807, 2.05) is 26.0 Å². The van der Waals surface area contributed by atoms with Crippen LogP contribution in [0.2, 0.25) is 0 Å². The molecule has 1 fully saturated rings. The predicted octanol–water partition coefficient (Wildman–Crippen LogP) is 2.66. The smallest absolute Gasteiger partial charge is 0.234 e. The summed E-state index contributed by atoms with van der Waals surface area (Å²) in [5, 5.41) is 3.07. The normalized spacial score (nSPS) is 18.2. The fraction of sp³-hybridized carbons (Fsp3) is 0.619. The number of likely N-dealkylation sites (tertiary alicyclic amines) is 1. The lowest BCUT2D eigenvalue weighted by molar-refractivity contribution is -0.124. The van der Waals surface area contributed by atoms with Crippen LogP contribution in [-0.4, -0.2) is 55.0 Å². The van der Waals surface area contributed by atoms with Gasteiger partial charge in [0.25, 0.3) is 0 Å². The molecule has 3 rings (SSSR count). The first kappa shape index (κ1) is 19.7. The van der Waals surface area contributed by atoms with Gasteiger partial charge in [0.05, 0.1) is 6.54 Å². The van der Waals surface area contributed by atoms with Gasteiger partial charge in [-0.1, -0.05) is 6.92 Å². The maximum atomic E-state index is 12.8. The van der Waals surface area contributed by atoms with Crippen LogP contribution in [0.3, 0.4) is 0 Å². The number of Topliss-reactive ketones (excluding diaryl/α,β-unsaturated/α-hetero) is 1. The second kappa shape index (κ2) is 8.30. The molecule has 0 aromatic heterocycles. The highest BCUT2D eigenvalue weighted by Gasteiger charge is 2.28. The molecule has 0 saturated carbocycles. The molecule has 0 radical (unpaired) electrons. The van der Waals surface area contributed by atoms with Crippen molar-refractivity contribution < 1.29 is 19.1 Å². The molecule has 1 amide bonds. The third-order valence-corrected chi connectivity index (χ3v) is 5.51. The van der Waals surface area contributed by atoms with E-state index in [2.05, 4.69) is 17.1 Å². The Morgan fingerprint density at radius 2 is 1.81 bits per heavy atom. The average molecular weight is 374 g/mol. The summed E-state index contributed by atoms with van der Waals surface area (Å²) in [6, 6.07) is 5.43. The number of rotatable bonds is 6. The number of hydrogen-bond donors (Lipinski definition) is 1. The summed E-state index contributed by atoms with van der Waals surface area (Å²) < 4.78 is 11.1. The molecule has 2 aliphatic heterocycles. The Morgan fingerprint density at radius 3 is 2.48 bits per heavy atom. The number of carbonyl (C=O) groups excluding carboxylic acids is 2. The topological polar surface area (TPSA) is 67.9 Å². The van der Waals surface area contributed by atoms with Gasteiger partial charge in [-0.3, -0.25) is 14.5 Å². The van der Waals surface area contributed by atoms with Crippen molar-refractivity contribution in [2.45, 2.75) is 45.6 Å². The summed E-state index contributed by atoms with van der Waals surface area (Å²) in [7, 11) is 0. The molecular formula is C21H30N2O4. The van der Waals surface area contributed by atoms with Crippen molar-refractivity contribution in [1.29, 1.82) is 0 Å². The molecule has 2 heterocycles. The second-order valence-electron chi connectivity index (χ2n) is 8.06. The van der Waals surface area contributed by atoms with Crippen LogP contribution >= 0.6 is 0 Å². The zero-order valence-corrected chi connectivity index (χ0v) is 16.5. The number of amides is 1. The van der Waals surface area contributed by atoms with Crippen molar-refractivity contribution in [3.8, 4) is 11.5 Å². The lowest BCUT2D eigenvalue weighted by Gasteiger charge is -2.32. The van der Waals surface area contributed by atoms with Crippen molar-refractivity contribution in [2.24, 2.45) is 5.92 Å². The first-order chi connectivity index (χ1) is 12.9. The van der Waals surface area contributed by atoms with E-state index in [1.165, 1.54) is 0 Å². The molecule has 0 spiro atoms. The number of hydrogen-bond acceptors (Lipinski definition) is 5. The second-order valence-corrected chi connectivity index (χ2v) is 8.06. The molecule has 0 bridgehead atoms. The van der Waals surface area contributed by atoms with Crippen LogP contribution in [0.5, 0.6) is 11.5 Å². The minimum absolute atomic E-state index is 0.000970. The van der Waals surface area contributed by atoms with Gasteiger partial charge in [0.2, 0.25) is 5.91 Å². The Kier molecular flexibility index (Phi) is 6.05. The maximum Gasteiger partial charge on any atom is 0.234 e. The van der Waals surface area contributed by atoms with Crippen molar-refractivity contribution in [3.05, 3.63) is 23.8 Å². The van der Waals surface area contributed by atoms with E-state index in [9.17, 15) is 9.59 Å². The van der Waals surface area contributed by atoms with Crippen LogP contribution in [-0.2, 0) is 4.79 Å². The highest BCUT2D eigenvalue weighted by atomic mass is 16.6. The Balaban J connectivity index is 1.51. The highest BCUT2D eigenvalue weighted by Crippen LogP contribution is 2.32. The summed E-state index contributed by atoms with van der Waals surface area (Å²) in [6.45, 7) is 9.11. The van der Waals surface area contributed by atoms with Crippen LogP contribution in [0, 0.1) is 5.92 Å². The van der Waals surface area contributed by atoms with Crippen LogP contribution in [0.1, 0.15) is 50.4 Å². The summed E-state index contributed by atoms with van der Waals surface area (Å²) in [4.78, 5) is 27.2. The molecule has 1 N–H and O–H groups in total. The van der Waals surface area contributed by atoms with Crippen molar-refractivity contribution in [1.82, 2.24) is 10.2 Å². The fourth-order valence-corrected chi connectivity index (χ4v) is 3.49. The SMILES string of the molecule is CCC(C)(C)NC(=O)CN1CCC(C(=O)c2ccc3c(c2)OCCO3)CC1. The number of nitrogens with one attached hydrogen (secondary N) is 1. The van der Waals surface area contributed by atoms with E-state index >= 15 is 0 Å². The summed E-state index contributed by atoms with van der Waals surface area (Å²) in [5.74, 6) is 1.56. The van der Waals surface area contributed by atoms with E-state index in [0.717, 1.165) is 32.4 Å². The zero-order valence-electron chi connectivity index (χ0n) is 16.5. The lowest BCUT2D eigenvalue weighted by Crippen LogP contribution is -2.49. The summed E-state index contributed by atoms with van der Waals surface area (Å²) >= 11 is 0. The number of benzene rings is 1. The molecule has 0 unspecified atom stereocenters. The molecular weight excluding hydrogens is 344 g/mol. The van der Waals surface area contributed by atoms with Gasteiger partial charge in [-0.05, 0) is 64.4 Å². The Hall–Kier alpha value is -2.08. The highest BCUT2D eigenvalue weighted by molar-refractivity contribution is 5.98. The van der Waals surface area contributed by atoms with E-state index < -0.39 is 0 Å². The van der Waals surface area contributed by atoms with Gasteiger partial charge in [0.1, 0.15) is 13.2 Å². The number of nitrogens with zero attached hydrogens (tertiary/aromatic N) is 1. The van der Waals surface area contributed by atoms with Gasteiger partial charge in [-0.2, -0.15) is 0 Å². The quantitative estimate of drug-likeness (QED) is 0.776. The van der Waals surface area contributed by atoms with Gasteiger partial charge in [0, 0.05) is 17.0 Å². The van der Waals surface area contributed by atoms with Gasteiger partial charge < -0.3 is 14.8 Å². The number of piperidine rings is 1. The largest absolute Gasteiger partial charge is 0.486 e. The van der Waals surface area contributed by atoms with Gasteiger partial charge in [0.15, 0.2) is 17.3 Å². The average Bonchev–Trinajstić information content (AvgIpc) is 2.67. The minimum Gasteiger partial charge on any atom is -0.486 e. The van der Waals surface area contributed by atoms with Gasteiger partial charge in [-0.25, -0.2) is 0 Å². The molecule has 148 valence electrons. The lowest BCUT2D eigenvalue weighted by atomic mass is 9.88. The zero-order chi connectivity index (χ0) is 19.4. The molecule has 1 saturated heterocycles. The van der Waals surface area contributed by atoms with Crippen LogP contribution in [0.15, 0.2) is 18.2 Å². The van der Waals surface area contributed by atoms with E-state index in [4.69, 9.17) is 9.47 Å². The third kappa shape index (κ3) is 5.01. The van der Waals surface area contributed by atoms with E-state index in [0.29, 0.717) is 36.8 Å². The Labute approximate surface area is 161 Å². The van der Waals surface area contributed by atoms with Crippen LogP contribution in [0.25, 0.3) is 0 Å². The van der Waals surface area contributed by atoms with Crippen molar-refractivity contribution in [3.63, 3.8) is 0 Å². The molecule has 0 aliphatic carbocycles. The molecule has 1 aromatic carbocycles. The van der Waals surface area contributed by atoms with Gasteiger partial charge >= 0.3 is 0 Å². The minimum atomic E-state index is -0.177.